The van der Waals surface area contributed by atoms with Crippen LogP contribution in [0.15, 0.2) is 0 Å². The molecule has 0 bridgehead atoms. The predicted octanol–water partition coefficient (Wildman–Crippen LogP) is 1.75. The minimum atomic E-state index is -1.01. The fraction of sp³-hybridized carbons (Fsp3) is 0.857. The normalized spacial score (nSPS) is 18.6. The molecule has 0 heterocycles. The fourth-order valence-corrected chi connectivity index (χ4v) is 3.43. The largest absolute Gasteiger partial charge is 0.480 e. The zero-order valence-electron chi connectivity index (χ0n) is 12.4. The Kier molecular flexibility index (Phi) is 6.82. The molecule has 4 N–H and O–H groups in total. The van der Waals surface area contributed by atoms with Gasteiger partial charge in [0.05, 0.1) is 0 Å². The number of rotatable bonds is 7. The van der Waals surface area contributed by atoms with Gasteiger partial charge in [0.25, 0.3) is 0 Å². The maximum Gasteiger partial charge on any atom is 0.321 e. The highest BCUT2D eigenvalue weighted by Gasteiger charge is 2.32. The summed E-state index contributed by atoms with van der Waals surface area (Å²) in [6.45, 7) is 3.60. The van der Waals surface area contributed by atoms with Gasteiger partial charge in [-0.3, -0.25) is 9.59 Å². The SMILES string of the molecule is CC(C)(SCCC(=O)NC1CCCCC1)[C@@H](N)C(=O)O. The zero-order chi connectivity index (χ0) is 15.2. The molecule has 1 aliphatic rings. The van der Waals surface area contributed by atoms with Crippen molar-refractivity contribution in [1.82, 2.24) is 5.32 Å². The number of carboxylic acids is 1. The molecule has 1 atom stereocenters. The third-order valence-electron chi connectivity index (χ3n) is 3.79. The lowest BCUT2D eigenvalue weighted by atomic mass is 9.95. The summed E-state index contributed by atoms with van der Waals surface area (Å²) >= 11 is 1.44. The minimum absolute atomic E-state index is 0.0593. The Morgan fingerprint density at radius 2 is 1.95 bits per heavy atom. The molecule has 1 amide bonds. The first-order valence-electron chi connectivity index (χ1n) is 7.24. The van der Waals surface area contributed by atoms with Crippen molar-refractivity contribution in [3.8, 4) is 0 Å². The third kappa shape index (κ3) is 5.71. The molecule has 1 saturated carbocycles. The highest BCUT2D eigenvalue weighted by molar-refractivity contribution is 8.00. The lowest BCUT2D eigenvalue weighted by Gasteiger charge is -2.28. The van der Waals surface area contributed by atoms with Gasteiger partial charge < -0.3 is 16.2 Å². The number of nitrogens with two attached hydrogens (primary N) is 1. The summed E-state index contributed by atoms with van der Waals surface area (Å²) in [6.07, 6.45) is 6.23. The van der Waals surface area contributed by atoms with Crippen LogP contribution in [0.25, 0.3) is 0 Å². The zero-order valence-corrected chi connectivity index (χ0v) is 13.2. The molecule has 1 rings (SSSR count). The van der Waals surface area contributed by atoms with Crippen LogP contribution in [0.2, 0.25) is 0 Å². The summed E-state index contributed by atoms with van der Waals surface area (Å²) in [7, 11) is 0. The van der Waals surface area contributed by atoms with E-state index in [0.29, 0.717) is 18.2 Å². The van der Waals surface area contributed by atoms with Crippen LogP contribution in [0.3, 0.4) is 0 Å². The Labute approximate surface area is 125 Å². The standard InChI is InChI=1S/C14H26N2O3S/c1-14(2,12(15)13(18)19)20-9-8-11(17)16-10-6-4-3-5-7-10/h10,12H,3-9,15H2,1-2H3,(H,16,17)(H,18,19)/t12-/m0/s1. The molecular formula is C14H26N2O3S. The summed E-state index contributed by atoms with van der Waals surface area (Å²) in [5.74, 6) is -0.356. The number of thioether (sulfide) groups is 1. The summed E-state index contributed by atoms with van der Waals surface area (Å²) in [5, 5.41) is 12.0. The number of hydrogen-bond donors (Lipinski definition) is 3. The second-order valence-electron chi connectivity index (χ2n) is 5.92. The second kappa shape index (κ2) is 7.88. The third-order valence-corrected chi connectivity index (χ3v) is 5.19. The quantitative estimate of drug-likeness (QED) is 0.666. The Morgan fingerprint density at radius 3 is 2.50 bits per heavy atom. The van der Waals surface area contributed by atoms with Crippen molar-refractivity contribution in [2.45, 2.75) is 69.2 Å². The average Bonchev–Trinajstić information content (AvgIpc) is 2.38. The van der Waals surface area contributed by atoms with Crippen molar-refractivity contribution < 1.29 is 14.7 Å². The topological polar surface area (TPSA) is 92.4 Å². The summed E-state index contributed by atoms with van der Waals surface area (Å²) < 4.78 is -0.572. The first-order chi connectivity index (χ1) is 9.33. The van der Waals surface area contributed by atoms with Gasteiger partial charge in [-0.2, -0.15) is 11.8 Å². The van der Waals surface area contributed by atoms with Crippen molar-refractivity contribution in [1.29, 1.82) is 0 Å². The van der Waals surface area contributed by atoms with Crippen LogP contribution in [0.1, 0.15) is 52.4 Å². The van der Waals surface area contributed by atoms with Gasteiger partial charge in [-0.05, 0) is 26.7 Å². The Morgan fingerprint density at radius 1 is 1.35 bits per heavy atom. The maximum atomic E-state index is 11.8. The van der Waals surface area contributed by atoms with Crippen LogP contribution in [0, 0.1) is 0 Å². The number of amides is 1. The van der Waals surface area contributed by atoms with Crippen molar-refractivity contribution in [3.63, 3.8) is 0 Å². The van der Waals surface area contributed by atoms with E-state index in [9.17, 15) is 9.59 Å². The van der Waals surface area contributed by atoms with Gasteiger partial charge in [-0.15, -0.1) is 0 Å². The molecule has 1 fully saturated rings. The van der Waals surface area contributed by atoms with Gasteiger partial charge in [-0.1, -0.05) is 19.3 Å². The Hall–Kier alpha value is -0.750. The summed E-state index contributed by atoms with van der Waals surface area (Å²) in [4.78, 5) is 22.7. The van der Waals surface area contributed by atoms with E-state index in [-0.39, 0.29) is 5.91 Å². The molecule has 0 unspecified atom stereocenters. The van der Waals surface area contributed by atoms with Gasteiger partial charge in [-0.25, -0.2) is 0 Å². The fourth-order valence-electron chi connectivity index (χ4n) is 2.34. The van der Waals surface area contributed by atoms with Crippen molar-refractivity contribution >= 4 is 23.6 Å². The Bertz CT molecular complexity index is 341. The van der Waals surface area contributed by atoms with Crippen LogP contribution in [-0.2, 0) is 9.59 Å². The van der Waals surface area contributed by atoms with Crippen LogP contribution in [0.5, 0.6) is 0 Å². The van der Waals surface area contributed by atoms with E-state index in [1.807, 2.05) is 0 Å². The minimum Gasteiger partial charge on any atom is -0.480 e. The van der Waals surface area contributed by atoms with E-state index in [0.717, 1.165) is 12.8 Å². The molecule has 1 aliphatic carbocycles. The van der Waals surface area contributed by atoms with Gasteiger partial charge in [0.15, 0.2) is 0 Å². The molecule has 0 aromatic carbocycles. The first-order valence-corrected chi connectivity index (χ1v) is 8.23. The molecule has 0 aromatic rings. The highest BCUT2D eigenvalue weighted by atomic mass is 32.2. The molecule has 5 nitrogen and oxygen atoms in total. The average molecular weight is 302 g/mol. The summed E-state index contributed by atoms with van der Waals surface area (Å²) in [5.41, 5.74) is 5.64. The van der Waals surface area contributed by atoms with Gasteiger partial charge >= 0.3 is 5.97 Å². The van der Waals surface area contributed by atoms with Crippen molar-refractivity contribution in [3.05, 3.63) is 0 Å². The molecule has 116 valence electrons. The molecule has 0 spiro atoms. The van der Waals surface area contributed by atoms with Crippen LogP contribution in [-0.4, -0.2) is 39.6 Å². The van der Waals surface area contributed by atoms with Crippen molar-refractivity contribution in [2.75, 3.05) is 5.75 Å². The molecule has 6 heteroatoms. The van der Waals surface area contributed by atoms with E-state index >= 15 is 0 Å². The number of nitrogens with one attached hydrogen (secondary N) is 1. The molecule has 20 heavy (non-hydrogen) atoms. The molecule has 0 aliphatic heterocycles. The molecular weight excluding hydrogens is 276 g/mol. The molecule has 0 radical (unpaired) electrons. The predicted molar refractivity (Wildman–Crippen MR) is 81.8 cm³/mol. The monoisotopic (exact) mass is 302 g/mol. The van der Waals surface area contributed by atoms with E-state index in [1.54, 1.807) is 13.8 Å². The number of aliphatic carboxylic acids is 1. The van der Waals surface area contributed by atoms with E-state index in [1.165, 1.54) is 31.0 Å². The summed E-state index contributed by atoms with van der Waals surface area (Å²) in [6, 6.07) is -0.593. The molecule has 0 saturated heterocycles. The van der Waals surface area contributed by atoms with Crippen LogP contribution in [0.4, 0.5) is 0 Å². The van der Waals surface area contributed by atoms with Crippen molar-refractivity contribution in [2.24, 2.45) is 5.73 Å². The lowest BCUT2D eigenvalue weighted by molar-refractivity contribution is -0.139. The Balaban J connectivity index is 2.25. The highest BCUT2D eigenvalue weighted by Crippen LogP contribution is 2.28. The van der Waals surface area contributed by atoms with Gasteiger partial charge in [0.2, 0.25) is 5.91 Å². The lowest BCUT2D eigenvalue weighted by Crippen LogP contribution is -2.47. The number of carbonyl (C=O) groups excluding carboxylic acids is 1. The van der Waals surface area contributed by atoms with E-state index < -0.39 is 16.8 Å². The van der Waals surface area contributed by atoms with E-state index in [4.69, 9.17) is 10.8 Å². The van der Waals surface area contributed by atoms with E-state index in [2.05, 4.69) is 5.32 Å². The number of hydrogen-bond acceptors (Lipinski definition) is 4. The van der Waals surface area contributed by atoms with Crippen LogP contribution >= 0.6 is 11.8 Å². The smallest absolute Gasteiger partial charge is 0.321 e. The second-order valence-corrected chi connectivity index (χ2v) is 7.67. The molecule has 0 aromatic heterocycles. The van der Waals surface area contributed by atoms with Gasteiger partial charge in [0, 0.05) is 23.0 Å². The maximum absolute atomic E-state index is 11.8. The first kappa shape index (κ1) is 17.3. The number of carbonyl (C=O) groups is 2. The van der Waals surface area contributed by atoms with Crippen LogP contribution < -0.4 is 11.1 Å². The van der Waals surface area contributed by atoms with Gasteiger partial charge in [0.1, 0.15) is 6.04 Å². The number of carboxylic acid groups (broad SMARTS) is 1.